The minimum absolute atomic E-state index is 0.351. The van der Waals surface area contributed by atoms with Crippen molar-refractivity contribution in [1.29, 1.82) is 0 Å². The minimum atomic E-state index is 0.351. The Bertz CT molecular complexity index is 2160. The summed E-state index contributed by atoms with van der Waals surface area (Å²) in [5.74, 6) is 0.784. The van der Waals surface area contributed by atoms with Gasteiger partial charge in [-0.05, 0) is 42.6 Å². The standard InChI is InChI=1S/C36H28N6/c1-4-5-12-26-14-15-28-18-21-31(40-32(28)24(26)2)36(39-23-25-10-7-6-8-11-25)42-35(37-3)30-20-19-29-17-16-27-13-9-22-38-33(27)34(29)41-30/h4-22H,2-3,23H2,1H3/b5-4-,26-12-,39-36-,42-35-. The topological polar surface area (TPSA) is 75.8 Å². The molecule has 0 unspecified atom stereocenters. The predicted octanol–water partition coefficient (Wildman–Crippen LogP) is 6.19. The van der Waals surface area contributed by atoms with Crippen molar-refractivity contribution >= 4 is 63.8 Å². The van der Waals surface area contributed by atoms with Gasteiger partial charge in [-0.2, -0.15) is 0 Å². The largest absolute Gasteiger partial charge is 0.260 e. The van der Waals surface area contributed by atoms with E-state index < -0.39 is 0 Å². The molecular formula is C36H28N6. The van der Waals surface area contributed by atoms with Crippen LogP contribution in [0.1, 0.15) is 23.9 Å². The number of aliphatic imine (C=N–C) groups is 3. The second-order valence-electron chi connectivity index (χ2n) is 9.72. The number of nitrogens with zero attached hydrogens (tertiary/aromatic N) is 6. The van der Waals surface area contributed by atoms with Crippen LogP contribution in [0.3, 0.4) is 0 Å². The summed E-state index contributed by atoms with van der Waals surface area (Å²) in [5, 5.41) is 4.84. The van der Waals surface area contributed by atoms with Crippen LogP contribution in [0.5, 0.6) is 0 Å². The van der Waals surface area contributed by atoms with Gasteiger partial charge in [0.2, 0.25) is 0 Å². The zero-order chi connectivity index (χ0) is 28.9. The maximum atomic E-state index is 4.99. The molecule has 0 aliphatic rings. The molecule has 6 heteroatoms. The van der Waals surface area contributed by atoms with Crippen LogP contribution in [0, 0.1) is 0 Å². The van der Waals surface area contributed by atoms with Gasteiger partial charge in [0.1, 0.15) is 11.4 Å². The second kappa shape index (κ2) is 11.9. The Morgan fingerprint density at radius 3 is 2.17 bits per heavy atom. The number of allylic oxidation sites excluding steroid dienone is 2. The average molecular weight is 545 g/mol. The van der Waals surface area contributed by atoms with E-state index >= 15 is 0 Å². The highest BCUT2D eigenvalue weighted by atomic mass is 15.0. The molecule has 3 aromatic heterocycles. The fraction of sp³-hybridized carbons (Fsp3) is 0.0556. The van der Waals surface area contributed by atoms with E-state index in [4.69, 9.17) is 20.0 Å². The van der Waals surface area contributed by atoms with Gasteiger partial charge >= 0.3 is 0 Å². The highest BCUT2D eigenvalue weighted by Gasteiger charge is 2.13. The molecule has 0 spiro atoms. The fourth-order valence-electron chi connectivity index (χ4n) is 4.79. The van der Waals surface area contributed by atoms with Gasteiger partial charge in [0.15, 0.2) is 11.7 Å². The molecule has 3 aromatic carbocycles. The summed E-state index contributed by atoms with van der Waals surface area (Å²) in [6, 6.07) is 30.0. The highest BCUT2D eigenvalue weighted by molar-refractivity contribution is 6.13. The van der Waals surface area contributed by atoms with Crippen molar-refractivity contribution < 1.29 is 0 Å². The van der Waals surface area contributed by atoms with Crippen LogP contribution >= 0.6 is 0 Å². The molecule has 0 radical (unpaired) electrons. The molecule has 0 bridgehead atoms. The van der Waals surface area contributed by atoms with E-state index in [1.165, 1.54) is 0 Å². The van der Waals surface area contributed by atoms with Crippen LogP contribution in [-0.4, -0.2) is 33.3 Å². The fourth-order valence-corrected chi connectivity index (χ4v) is 4.79. The molecule has 0 aliphatic heterocycles. The van der Waals surface area contributed by atoms with Crippen molar-refractivity contribution in [1.82, 2.24) is 15.0 Å². The molecule has 202 valence electrons. The molecular weight excluding hydrogens is 516 g/mol. The van der Waals surface area contributed by atoms with Gasteiger partial charge in [0, 0.05) is 27.6 Å². The summed E-state index contributed by atoms with van der Waals surface area (Å²) in [6.45, 7) is 10.6. The zero-order valence-electron chi connectivity index (χ0n) is 23.3. The van der Waals surface area contributed by atoms with E-state index in [9.17, 15) is 0 Å². The van der Waals surface area contributed by atoms with Crippen molar-refractivity contribution in [2.45, 2.75) is 13.5 Å². The van der Waals surface area contributed by atoms with E-state index in [0.29, 0.717) is 29.6 Å². The van der Waals surface area contributed by atoms with E-state index in [1.54, 1.807) is 6.20 Å². The van der Waals surface area contributed by atoms with E-state index in [2.05, 4.69) is 29.3 Å². The van der Waals surface area contributed by atoms with Crippen LogP contribution in [0.4, 0.5) is 0 Å². The molecule has 6 aromatic rings. The minimum Gasteiger partial charge on any atom is -0.260 e. The Morgan fingerprint density at radius 1 is 0.738 bits per heavy atom. The van der Waals surface area contributed by atoms with Crippen LogP contribution in [0.25, 0.3) is 45.4 Å². The molecule has 6 rings (SSSR count). The van der Waals surface area contributed by atoms with Crippen molar-refractivity contribution in [2.75, 3.05) is 0 Å². The van der Waals surface area contributed by atoms with Crippen molar-refractivity contribution in [3.05, 3.63) is 137 Å². The Hall–Kier alpha value is -5.62. The molecule has 42 heavy (non-hydrogen) atoms. The number of rotatable bonds is 5. The van der Waals surface area contributed by atoms with Crippen LogP contribution < -0.4 is 10.4 Å². The lowest BCUT2D eigenvalue weighted by Crippen LogP contribution is -2.24. The van der Waals surface area contributed by atoms with Gasteiger partial charge in [-0.1, -0.05) is 97.6 Å². The SMILES string of the molecule is C=N/C(=N\C(=N/Cc1ccccc1)c1ccc2cc/c(=C/C=C\C)c(=C)c2n1)c1ccc2ccc3cccnc3c2n1. The third-order valence-electron chi connectivity index (χ3n) is 6.98. The molecule has 0 aliphatic carbocycles. The molecule has 0 atom stereocenters. The van der Waals surface area contributed by atoms with E-state index in [1.807, 2.05) is 110 Å². The first kappa shape index (κ1) is 26.6. The van der Waals surface area contributed by atoms with E-state index in [-0.39, 0.29) is 0 Å². The predicted molar refractivity (Wildman–Crippen MR) is 176 cm³/mol. The first-order chi connectivity index (χ1) is 20.6. The monoisotopic (exact) mass is 544 g/mol. The molecule has 0 amide bonds. The number of hydrogen-bond donors (Lipinski definition) is 0. The average Bonchev–Trinajstić information content (AvgIpc) is 3.05. The lowest BCUT2D eigenvalue weighted by atomic mass is 10.1. The van der Waals surface area contributed by atoms with Gasteiger partial charge in [-0.25, -0.2) is 20.0 Å². The number of fused-ring (bicyclic) bond motifs is 4. The van der Waals surface area contributed by atoms with Gasteiger partial charge < -0.3 is 0 Å². The van der Waals surface area contributed by atoms with Crippen molar-refractivity contribution in [3.63, 3.8) is 0 Å². The third-order valence-corrected chi connectivity index (χ3v) is 6.98. The zero-order valence-corrected chi connectivity index (χ0v) is 23.3. The molecule has 6 nitrogen and oxygen atoms in total. The number of hydrogen-bond acceptors (Lipinski definition) is 4. The van der Waals surface area contributed by atoms with Crippen LogP contribution in [0.2, 0.25) is 0 Å². The lowest BCUT2D eigenvalue weighted by molar-refractivity contribution is 1.06. The Balaban J connectivity index is 1.51. The Morgan fingerprint density at radius 2 is 1.40 bits per heavy atom. The van der Waals surface area contributed by atoms with Gasteiger partial charge in [-0.3, -0.25) is 9.98 Å². The number of pyridine rings is 3. The first-order valence-electron chi connectivity index (χ1n) is 13.7. The van der Waals surface area contributed by atoms with Crippen LogP contribution in [-0.2, 0) is 6.54 Å². The van der Waals surface area contributed by atoms with E-state index in [0.717, 1.165) is 48.7 Å². The third kappa shape index (κ3) is 5.38. The maximum absolute atomic E-state index is 4.99. The van der Waals surface area contributed by atoms with Crippen molar-refractivity contribution in [2.24, 2.45) is 15.0 Å². The molecule has 0 saturated carbocycles. The summed E-state index contributed by atoms with van der Waals surface area (Å²) < 4.78 is 0. The molecule has 3 heterocycles. The molecule has 0 N–H and O–H groups in total. The summed E-state index contributed by atoms with van der Waals surface area (Å²) in [6.07, 6.45) is 7.78. The van der Waals surface area contributed by atoms with Crippen molar-refractivity contribution in [3.8, 4) is 0 Å². The quantitative estimate of drug-likeness (QED) is 0.147. The van der Waals surface area contributed by atoms with Gasteiger partial charge in [0.05, 0.1) is 23.1 Å². The normalized spacial score (nSPS) is 13.0. The van der Waals surface area contributed by atoms with Crippen LogP contribution in [0.15, 0.2) is 124 Å². The highest BCUT2D eigenvalue weighted by Crippen LogP contribution is 2.22. The number of aromatic nitrogens is 3. The summed E-state index contributed by atoms with van der Waals surface area (Å²) in [7, 11) is 0. The Kier molecular flexibility index (Phi) is 7.51. The maximum Gasteiger partial charge on any atom is 0.179 e. The molecule has 0 saturated heterocycles. The number of benzene rings is 3. The summed E-state index contributed by atoms with van der Waals surface area (Å²) in [4.78, 5) is 28.6. The number of amidine groups is 2. The summed E-state index contributed by atoms with van der Waals surface area (Å²) >= 11 is 0. The lowest BCUT2D eigenvalue weighted by Gasteiger charge is -2.08. The Labute approximate surface area is 243 Å². The first-order valence-corrected chi connectivity index (χ1v) is 13.7. The summed E-state index contributed by atoms with van der Waals surface area (Å²) in [5.41, 5.74) is 4.64. The second-order valence-corrected chi connectivity index (χ2v) is 9.72. The smallest absolute Gasteiger partial charge is 0.179 e. The van der Waals surface area contributed by atoms with Gasteiger partial charge in [-0.15, -0.1) is 0 Å². The molecule has 0 fully saturated rings. The van der Waals surface area contributed by atoms with Gasteiger partial charge in [0.25, 0.3) is 0 Å².